The Bertz CT molecular complexity index is 635. The van der Waals surface area contributed by atoms with E-state index in [1.54, 1.807) is 36.2 Å². The Labute approximate surface area is 145 Å². The molecule has 130 valence electrons. The molecule has 1 aromatic rings. The monoisotopic (exact) mass is 352 g/mol. The van der Waals surface area contributed by atoms with E-state index in [9.17, 15) is 14.4 Å². The van der Waals surface area contributed by atoms with Crippen molar-refractivity contribution in [2.45, 2.75) is 31.8 Å². The van der Waals surface area contributed by atoms with Crippen LogP contribution in [0.1, 0.15) is 19.8 Å². The van der Waals surface area contributed by atoms with Crippen LogP contribution in [-0.2, 0) is 9.59 Å². The zero-order chi connectivity index (χ0) is 17.9. The zero-order valence-electron chi connectivity index (χ0n) is 13.7. The van der Waals surface area contributed by atoms with Gasteiger partial charge >= 0.3 is 6.03 Å². The predicted molar refractivity (Wildman–Crippen MR) is 91.8 cm³/mol. The number of nitrogens with zero attached hydrogens (tertiary/aromatic N) is 2. The van der Waals surface area contributed by atoms with E-state index in [1.165, 1.54) is 0 Å². The second-order valence-corrected chi connectivity index (χ2v) is 6.22. The Morgan fingerprint density at radius 3 is 2.58 bits per heavy atom. The molecule has 2 atom stereocenters. The van der Waals surface area contributed by atoms with Crippen LogP contribution in [0.25, 0.3) is 0 Å². The summed E-state index contributed by atoms with van der Waals surface area (Å²) in [5.41, 5.74) is 5.99. The first-order valence-electron chi connectivity index (χ1n) is 7.71. The predicted octanol–water partition coefficient (Wildman–Crippen LogP) is 1.35. The number of halogens is 1. The van der Waals surface area contributed by atoms with Gasteiger partial charge in [0.15, 0.2) is 0 Å². The first-order chi connectivity index (χ1) is 11.3. The summed E-state index contributed by atoms with van der Waals surface area (Å²) in [5.74, 6) is -0.482. The number of likely N-dealkylation sites (N-methyl/N-ethyl adjacent to an activating group) is 1. The van der Waals surface area contributed by atoms with Crippen LogP contribution in [-0.4, -0.2) is 48.4 Å². The fourth-order valence-electron chi connectivity index (χ4n) is 2.41. The van der Waals surface area contributed by atoms with Gasteiger partial charge in [-0.05, 0) is 37.6 Å². The van der Waals surface area contributed by atoms with E-state index >= 15 is 0 Å². The lowest BCUT2D eigenvalue weighted by Crippen LogP contribution is -2.40. The molecule has 1 aliphatic rings. The normalized spacial score (nSPS) is 18.5. The van der Waals surface area contributed by atoms with Crippen LogP contribution in [0.4, 0.5) is 10.5 Å². The lowest BCUT2D eigenvalue weighted by molar-refractivity contribution is -0.131. The van der Waals surface area contributed by atoms with E-state index in [1.807, 2.05) is 6.92 Å². The van der Waals surface area contributed by atoms with Gasteiger partial charge in [-0.25, -0.2) is 9.69 Å². The second-order valence-electron chi connectivity index (χ2n) is 5.78. The van der Waals surface area contributed by atoms with Crippen LogP contribution in [0.5, 0.6) is 0 Å². The van der Waals surface area contributed by atoms with Crippen molar-refractivity contribution < 1.29 is 14.4 Å². The number of carbonyl (C=O) groups excluding carboxylic acids is 3. The standard InChI is InChI=1S/C16H21ClN4O3/c1-10(9-18)20(2)14(22)8-7-13-15(23)21(16(24)19-13)12-5-3-11(17)4-6-12/h3-6,10,13H,7-9,18H2,1-2H3,(H,19,24). The van der Waals surface area contributed by atoms with Crippen molar-refractivity contribution in [2.75, 3.05) is 18.5 Å². The molecule has 1 aliphatic heterocycles. The Kier molecular flexibility index (Phi) is 5.80. The van der Waals surface area contributed by atoms with E-state index in [0.29, 0.717) is 17.3 Å². The maximum absolute atomic E-state index is 12.4. The summed E-state index contributed by atoms with van der Waals surface area (Å²) < 4.78 is 0. The summed E-state index contributed by atoms with van der Waals surface area (Å²) in [5, 5.41) is 3.13. The number of hydrogen-bond acceptors (Lipinski definition) is 4. The Morgan fingerprint density at radius 1 is 1.38 bits per heavy atom. The van der Waals surface area contributed by atoms with Gasteiger partial charge in [0.2, 0.25) is 5.91 Å². The number of rotatable bonds is 6. The van der Waals surface area contributed by atoms with Crippen molar-refractivity contribution in [1.82, 2.24) is 10.2 Å². The fourth-order valence-corrected chi connectivity index (χ4v) is 2.54. The average Bonchev–Trinajstić information content (AvgIpc) is 2.86. The summed E-state index contributed by atoms with van der Waals surface area (Å²) in [6, 6.07) is 5.14. The molecule has 0 aromatic heterocycles. The lowest BCUT2D eigenvalue weighted by atomic mass is 10.1. The maximum Gasteiger partial charge on any atom is 0.329 e. The number of benzene rings is 1. The molecule has 7 nitrogen and oxygen atoms in total. The zero-order valence-corrected chi connectivity index (χ0v) is 14.4. The minimum Gasteiger partial charge on any atom is -0.342 e. The van der Waals surface area contributed by atoms with Gasteiger partial charge in [-0.2, -0.15) is 0 Å². The van der Waals surface area contributed by atoms with E-state index in [-0.39, 0.29) is 30.7 Å². The van der Waals surface area contributed by atoms with Crippen molar-refractivity contribution in [3.05, 3.63) is 29.3 Å². The van der Waals surface area contributed by atoms with Crippen LogP contribution in [0, 0.1) is 0 Å². The number of nitrogens with one attached hydrogen (secondary N) is 1. The van der Waals surface area contributed by atoms with Crippen LogP contribution in [0.3, 0.4) is 0 Å². The average molecular weight is 353 g/mol. The molecule has 1 heterocycles. The van der Waals surface area contributed by atoms with Gasteiger partial charge in [0, 0.05) is 31.1 Å². The van der Waals surface area contributed by atoms with E-state index in [2.05, 4.69) is 5.32 Å². The van der Waals surface area contributed by atoms with Crippen LogP contribution in [0.2, 0.25) is 5.02 Å². The molecule has 0 spiro atoms. The molecule has 1 saturated heterocycles. The third-order valence-corrected chi connectivity index (χ3v) is 4.40. The number of amides is 4. The molecule has 24 heavy (non-hydrogen) atoms. The van der Waals surface area contributed by atoms with Crippen LogP contribution in [0.15, 0.2) is 24.3 Å². The number of imide groups is 1. The fraction of sp³-hybridized carbons (Fsp3) is 0.438. The van der Waals surface area contributed by atoms with Crippen molar-refractivity contribution in [3.63, 3.8) is 0 Å². The van der Waals surface area contributed by atoms with Gasteiger partial charge in [-0.1, -0.05) is 11.6 Å². The number of carbonyl (C=O) groups is 3. The highest BCUT2D eigenvalue weighted by molar-refractivity contribution is 6.30. The molecule has 0 radical (unpaired) electrons. The van der Waals surface area contributed by atoms with Gasteiger partial charge in [0.25, 0.3) is 5.91 Å². The lowest BCUT2D eigenvalue weighted by Gasteiger charge is -2.24. The molecular formula is C16H21ClN4O3. The molecule has 4 amide bonds. The van der Waals surface area contributed by atoms with Crippen LogP contribution >= 0.6 is 11.6 Å². The van der Waals surface area contributed by atoms with Gasteiger partial charge < -0.3 is 16.0 Å². The molecule has 2 unspecified atom stereocenters. The Balaban J connectivity index is 1.99. The van der Waals surface area contributed by atoms with Gasteiger partial charge in [-0.3, -0.25) is 9.59 Å². The number of anilines is 1. The first-order valence-corrected chi connectivity index (χ1v) is 8.08. The van der Waals surface area contributed by atoms with Gasteiger partial charge in [0.1, 0.15) is 6.04 Å². The quantitative estimate of drug-likeness (QED) is 0.755. The highest BCUT2D eigenvalue weighted by Gasteiger charge is 2.39. The summed E-state index contributed by atoms with van der Waals surface area (Å²) in [6.45, 7) is 2.22. The van der Waals surface area contributed by atoms with Crippen LogP contribution < -0.4 is 16.0 Å². The highest BCUT2D eigenvalue weighted by Crippen LogP contribution is 2.23. The molecule has 0 saturated carbocycles. The maximum atomic E-state index is 12.4. The molecule has 0 bridgehead atoms. The molecule has 1 aromatic carbocycles. The molecule has 8 heteroatoms. The molecule has 1 fully saturated rings. The van der Waals surface area contributed by atoms with E-state index in [0.717, 1.165) is 4.90 Å². The molecule has 0 aliphatic carbocycles. The molecule has 3 N–H and O–H groups in total. The van der Waals surface area contributed by atoms with Crippen molar-refractivity contribution in [1.29, 1.82) is 0 Å². The molecule has 2 rings (SSSR count). The van der Waals surface area contributed by atoms with Crippen molar-refractivity contribution in [2.24, 2.45) is 5.73 Å². The molecular weight excluding hydrogens is 332 g/mol. The largest absolute Gasteiger partial charge is 0.342 e. The van der Waals surface area contributed by atoms with Gasteiger partial charge in [0.05, 0.1) is 5.69 Å². The van der Waals surface area contributed by atoms with Gasteiger partial charge in [-0.15, -0.1) is 0 Å². The topological polar surface area (TPSA) is 95.7 Å². The Morgan fingerprint density at radius 2 is 2.00 bits per heavy atom. The highest BCUT2D eigenvalue weighted by atomic mass is 35.5. The first kappa shape index (κ1) is 18.2. The smallest absolute Gasteiger partial charge is 0.329 e. The number of hydrogen-bond donors (Lipinski definition) is 2. The minimum atomic E-state index is -0.710. The summed E-state index contributed by atoms with van der Waals surface area (Å²) in [4.78, 5) is 39.2. The third-order valence-electron chi connectivity index (χ3n) is 4.15. The third kappa shape index (κ3) is 3.85. The Hall–Kier alpha value is -2.12. The summed E-state index contributed by atoms with van der Waals surface area (Å²) in [7, 11) is 1.68. The summed E-state index contributed by atoms with van der Waals surface area (Å²) in [6.07, 6.45) is 0.404. The van der Waals surface area contributed by atoms with E-state index < -0.39 is 12.1 Å². The van der Waals surface area contributed by atoms with Crippen molar-refractivity contribution in [3.8, 4) is 0 Å². The SMILES string of the molecule is CC(CN)N(C)C(=O)CCC1NC(=O)N(c2ccc(Cl)cc2)C1=O. The second kappa shape index (κ2) is 7.63. The van der Waals surface area contributed by atoms with E-state index in [4.69, 9.17) is 17.3 Å². The number of urea groups is 1. The van der Waals surface area contributed by atoms with Crippen molar-refractivity contribution >= 4 is 35.1 Å². The minimum absolute atomic E-state index is 0.0723. The number of nitrogens with two attached hydrogens (primary N) is 1. The summed E-state index contributed by atoms with van der Waals surface area (Å²) >= 11 is 5.82.